The lowest BCUT2D eigenvalue weighted by atomic mass is 10.1. The maximum atomic E-state index is 12.7. The zero-order valence-corrected chi connectivity index (χ0v) is 17.9. The molecule has 0 spiro atoms. The summed E-state index contributed by atoms with van der Waals surface area (Å²) in [7, 11) is 0. The van der Waals surface area contributed by atoms with Crippen LogP contribution in [-0.2, 0) is 11.3 Å². The molecule has 4 rings (SSSR count). The standard InChI is InChI=1S/C25H27N5O2/c31-24(19-30-16-14-29(15-17-30)18-20-10-12-26-13-11-20)28-23-9-5-4-8-22(23)25(32)27-21-6-2-1-3-7-21/h1-13H,14-19H2,(H,27,32)(H,28,31). The fourth-order valence-corrected chi connectivity index (χ4v) is 3.75. The van der Waals surface area contributed by atoms with Gasteiger partial charge >= 0.3 is 0 Å². The number of carbonyl (C=O) groups excluding carboxylic acids is 2. The third-order valence-electron chi connectivity index (χ3n) is 5.47. The summed E-state index contributed by atoms with van der Waals surface area (Å²) in [5.41, 5.74) is 2.91. The van der Waals surface area contributed by atoms with Crippen molar-refractivity contribution < 1.29 is 9.59 Å². The third kappa shape index (κ3) is 6.00. The first-order valence-corrected chi connectivity index (χ1v) is 10.8. The second-order valence-electron chi connectivity index (χ2n) is 7.82. The van der Waals surface area contributed by atoms with Crippen LogP contribution in [0.2, 0.25) is 0 Å². The quantitative estimate of drug-likeness (QED) is 0.604. The molecule has 0 aliphatic carbocycles. The Morgan fingerprint density at radius 1 is 0.781 bits per heavy atom. The fourth-order valence-electron chi connectivity index (χ4n) is 3.75. The molecule has 0 unspecified atom stereocenters. The van der Waals surface area contributed by atoms with E-state index < -0.39 is 0 Å². The number of anilines is 2. The molecule has 1 fully saturated rings. The van der Waals surface area contributed by atoms with E-state index in [-0.39, 0.29) is 11.8 Å². The Bertz CT molecular complexity index is 1030. The van der Waals surface area contributed by atoms with Crippen LogP contribution in [0.25, 0.3) is 0 Å². The third-order valence-corrected chi connectivity index (χ3v) is 5.47. The average molecular weight is 430 g/mol. The van der Waals surface area contributed by atoms with Gasteiger partial charge in [0.2, 0.25) is 5.91 Å². The number of pyridine rings is 1. The molecule has 7 heteroatoms. The number of hydrogen-bond donors (Lipinski definition) is 2. The summed E-state index contributed by atoms with van der Waals surface area (Å²) >= 11 is 0. The van der Waals surface area contributed by atoms with E-state index in [0.717, 1.165) is 32.7 Å². The van der Waals surface area contributed by atoms with Gasteiger partial charge in [-0.3, -0.25) is 24.4 Å². The molecule has 3 aromatic rings. The number of carbonyl (C=O) groups is 2. The van der Waals surface area contributed by atoms with Crippen LogP contribution < -0.4 is 10.6 Å². The highest BCUT2D eigenvalue weighted by Crippen LogP contribution is 2.18. The van der Waals surface area contributed by atoms with Crippen LogP contribution in [-0.4, -0.2) is 59.3 Å². The molecule has 2 amide bonds. The Hall–Kier alpha value is -3.55. The van der Waals surface area contributed by atoms with Gasteiger partial charge in [-0.15, -0.1) is 0 Å². The van der Waals surface area contributed by atoms with E-state index in [1.807, 2.05) is 60.9 Å². The van der Waals surface area contributed by atoms with E-state index in [1.54, 1.807) is 18.2 Å². The van der Waals surface area contributed by atoms with Crippen molar-refractivity contribution in [2.24, 2.45) is 0 Å². The van der Waals surface area contributed by atoms with E-state index in [4.69, 9.17) is 0 Å². The van der Waals surface area contributed by atoms with Gasteiger partial charge in [0, 0.05) is 50.8 Å². The minimum atomic E-state index is -0.253. The smallest absolute Gasteiger partial charge is 0.257 e. The fraction of sp³-hybridized carbons (Fsp3) is 0.240. The van der Waals surface area contributed by atoms with Crippen LogP contribution in [0.15, 0.2) is 79.1 Å². The molecule has 0 bridgehead atoms. The SMILES string of the molecule is O=C(CN1CCN(Cc2ccncc2)CC1)Nc1ccccc1C(=O)Nc1ccccc1. The van der Waals surface area contributed by atoms with Gasteiger partial charge in [0.15, 0.2) is 0 Å². The highest BCUT2D eigenvalue weighted by Gasteiger charge is 2.20. The first-order valence-electron chi connectivity index (χ1n) is 10.8. The largest absolute Gasteiger partial charge is 0.324 e. The molecule has 0 atom stereocenters. The van der Waals surface area contributed by atoms with Crippen molar-refractivity contribution in [3.8, 4) is 0 Å². The monoisotopic (exact) mass is 429 g/mol. The summed E-state index contributed by atoms with van der Waals surface area (Å²) in [6, 6.07) is 20.4. The van der Waals surface area contributed by atoms with E-state index in [9.17, 15) is 9.59 Å². The summed E-state index contributed by atoms with van der Waals surface area (Å²) in [5.74, 6) is -0.371. The molecule has 2 N–H and O–H groups in total. The minimum Gasteiger partial charge on any atom is -0.324 e. The van der Waals surface area contributed by atoms with Crippen LogP contribution in [0.5, 0.6) is 0 Å². The Morgan fingerprint density at radius 3 is 2.19 bits per heavy atom. The zero-order chi connectivity index (χ0) is 22.2. The Balaban J connectivity index is 1.29. The molecule has 0 radical (unpaired) electrons. The number of para-hydroxylation sites is 2. The molecule has 0 saturated carbocycles. The first-order chi connectivity index (χ1) is 15.7. The molecule has 7 nitrogen and oxygen atoms in total. The molecule has 2 aromatic carbocycles. The number of piperazine rings is 1. The maximum absolute atomic E-state index is 12.7. The molecule has 1 aliphatic heterocycles. The Morgan fingerprint density at radius 2 is 1.44 bits per heavy atom. The Kier molecular flexibility index (Phi) is 7.22. The molecular formula is C25H27N5O2. The number of nitrogens with one attached hydrogen (secondary N) is 2. The lowest BCUT2D eigenvalue weighted by Gasteiger charge is -2.34. The molecule has 164 valence electrons. The highest BCUT2D eigenvalue weighted by atomic mass is 16.2. The first kappa shape index (κ1) is 21.7. The van der Waals surface area contributed by atoms with Crippen LogP contribution in [0.4, 0.5) is 11.4 Å². The van der Waals surface area contributed by atoms with Crippen LogP contribution in [0.1, 0.15) is 15.9 Å². The van der Waals surface area contributed by atoms with Crippen molar-refractivity contribution in [1.29, 1.82) is 0 Å². The summed E-state index contributed by atoms with van der Waals surface area (Å²) < 4.78 is 0. The number of hydrogen-bond acceptors (Lipinski definition) is 5. The van der Waals surface area contributed by atoms with E-state index in [1.165, 1.54) is 5.56 Å². The van der Waals surface area contributed by atoms with E-state index in [0.29, 0.717) is 23.5 Å². The number of aromatic nitrogens is 1. The lowest BCUT2D eigenvalue weighted by molar-refractivity contribution is -0.117. The number of benzene rings is 2. The van der Waals surface area contributed by atoms with E-state index in [2.05, 4.69) is 25.4 Å². The van der Waals surface area contributed by atoms with E-state index >= 15 is 0 Å². The summed E-state index contributed by atoms with van der Waals surface area (Å²) in [6.07, 6.45) is 3.63. The van der Waals surface area contributed by atoms with Crippen molar-refractivity contribution in [2.45, 2.75) is 6.54 Å². The topological polar surface area (TPSA) is 77.6 Å². The maximum Gasteiger partial charge on any atom is 0.257 e. The molecular weight excluding hydrogens is 402 g/mol. The average Bonchev–Trinajstić information content (AvgIpc) is 2.82. The lowest BCUT2D eigenvalue weighted by Crippen LogP contribution is -2.48. The molecule has 32 heavy (non-hydrogen) atoms. The van der Waals surface area contributed by atoms with Crippen molar-refractivity contribution in [2.75, 3.05) is 43.4 Å². The number of nitrogens with zero attached hydrogens (tertiary/aromatic N) is 3. The van der Waals surface area contributed by atoms with Crippen molar-refractivity contribution in [3.05, 3.63) is 90.3 Å². The van der Waals surface area contributed by atoms with Gasteiger partial charge in [-0.25, -0.2) is 0 Å². The zero-order valence-electron chi connectivity index (χ0n) is 17.9. The summed E-state index contributed by atoms with van der Waals surface area (Å²) in [4.78, 5) is 34.0. The predicted molar refractivity (Wildman–Crippen MR) is 125 cm³/mol. The van der Waals surface area contributed by atoms with Crippen LogP contribution >= 0.6 is 0 Å². The summed E-state index contributed by atoms with van der Waals surface area (Å²) in [6.45, 7) is 4.67. The van der Waals surface area contributed by atoms with Gasteiger partial charge in [0.1, 0.15) is 0 Å². The van der Waals surface area contributed by atoms with Crippen molar-refractivity contribution in [3.63, 3.8) is 0 Å². The predicted octanol–water partition coefficient (Wildman–Crippen LogP) is 3.09. The Labute approximate surface area is 188 Å². The van der Waals surface area contributed by atoms with Gasteiger partial charge < -0.3 is 10.6 Å². The molecule has 1 aromatic heterocycles. The highest BCUT2D eigenvalue weighted by molar-refractivity contribution is 6.10. The summed E-state index contributed by atoms with van der Waals surface area (Å²) in [5, 5.41) is 5.78. The second-order valence-corrected chi connectivity index (χ2v) is 7.82. The second kappa shape index (κ2) is 10.7. The normalized spacial score (nSPS) is 14.6. The molecule has 2 heterocycles. The molecule has 1 aliphatic rings. The van der Waals surface area contributed by atoms with Gasteiger partial charge in [0.25, 0.3) is 5.91 Å². The van der Waals surface area contributed by atoms with Gasteiger partial charge in [0.05, 0.1) is 17.8 Å². The van der Waals surface area contributed by atoms with Gasteiger partial charge in [-0.05, 0) is 42.0 Å². The van der Waals surface area contributed by atoms with Crippen LogP contribution in [0, 0.1) is 0 Å². The van der Waals surface area contributed by atoms with Crippen molar-refractivity contribution in [1.82, 2.24) is 14.8 Å². The molecule has 1 saturated heterocycles. The van der Waals surface area contributed by atoms with Gasteiger partial charge in [-0.1, -0.05) is 30.3 Å². The van der Waals surface area contributed by atoms with Gasteiger partial charge in [-0.2, -0.15) is 0 Å². The van der Waals surface area contributed by atoms with Crippen molar-refractivity contribution >= 4 is 23.2 Å². The number of amides is 2. The number of rotatable bonds is 7. The van der Waals surface area contributed by atoms with Crippen LogP contribution in [0.3, 0.4) is 0 Å². The minimum absolute atomic E-state index is 0.118.